The van der Waals surface area contributed by atoms with E-state index < -0.39 is 12.4 Å². The summed E-state index contributed by atoms with van der Waals surface area (Å²) in [4.78, 5) is 9.24. The number of hydrogen-bond acceptors (Lipinski definition) is 7. The van der Waals surface area contributed by atoms with Crippen molar-refractivity contribution in [2.75, 3.05) is 21.3 Å². The normalized spacial score (nSPS) is 31.1. The fourth-order valence-corrected chi connectivity index (χ4v) is 4.99. The maximum Gasteiger partial charge on any atom is 0.187 e. The summed E-state index contributed by atoms with van der Waals surface area (Å²) in [5.74, 6) is 0.645. The molecule has 2 heterocycles. The van der Waals surface area contributed by atoms with Crippen molar-refractivity contribution in [3.05, 3.63) is 77.6 Å². The van der Waals surface area contributed by atoms with Crippen molar-refractivity contribution < 1.29 is 23.7 Å². The minimum absolute atomic E-state index is 0.103. The van der Waals surface area contributed by atoms with Crippen LogP contribution in [0.5, 0.6) is 0 Å². The van der Waals surface area contributed by atoms with Crippen molar-refractivity contribution >= 4 is 17.2 Å². The molecule has 6 atom stereocenters. The smallest absolute Gasteiger partial charge is 0.187 e. The third-order valence-electron chi connectivity index (χ3n) is 6.73. The van der Waals surface area contributed by atoms with Crippen LogP contribution >= 0.6 is 11.6 Å². The molecular formula is C29H35ClN2O5. The van der Waals surface area contributed by atoms with Gasteiger partial charge in [0.15, 0.2) is 12.1 Å². The zero-order chi connectivity index (χ0) is 26.4. The monoisotopic (exact) mass is 526 g/mol. The number of benzene rings is 1. The van der Waals surface area contributed by atoms with Gasteiger partial charge in [0.05, 0.1) is 17.9 Å². The number of allylic oxidation sites excluding steroid dienone is 4. The number of halogens is 1. The molecule has 1 aromatic carbocycles. The maximum absolute atomic E-state index is 6.48. The molecule has 1 aliphatic heterocycles. The lowest BCUT2D eigenvalue weighted by Gasteiger charge is -2.44. The number of hydrogen-bond donors (Lipinski definition) is 0. The first kappa shape index (κ1) is 27.6. The highest BCUT2D eigenvalue weighted by Crippen LogP contribution is 2.31. The van der Waals surface area contributed by atoms with E-state index in [1.54, 1.807) is 27.5 Å². The van der Waals surface area contributed by atoms with Crippen LogP contribution in [0, 0.1) is 0 Å². The number of methoxy groups -OCH3 is 3. The minimum Gasteiger partial charge on any atom is -0.376 e. The van der Waals surface area contributed by atoms with E-state index in [1.165, 1.54) is 0 Å². The van der Waals surface area contributed by atoms with Crippen LogP contribution in [0.15, 0.2) is 66.9 Å². The summed E-state index contributed by atoms with van der Waals surface area (Å²) < 4.78 is 29.7. The molecule has 0 bridgehead atoms. The van der Waals surface area contributed by atoms with E-state index in [-0.39, 0.29) is 24.4 Å². The Bertz CT molecular complexity index is 1120. The van der Waals surface area contributed by atoms with Gasteiger partial charge in [-0.3, -0.25) is 0 Å². The van der Waals surface area contributed by atoms with Crippen LogP contribution in [0.25, 0.3) is 17.0 Å². The molecule has 1 unspecified atom stereocenters. The molecule has 0 amide bonds. The Labute approximate surface area is 224 Å². The lowest BCUT2D eigenvalue weighted by molar-refractivity contribution is -0.315. The van der Waals surface area contributed by atoms with Gasteiger partial charge >= 0.3 is 0 Å². The summed E-state index contributed by atoms with van der Waals surface area (Å²) in [6.45, 7) is 6.27. The van der Waals surface area contributed by atoms with Gasteiger partial charge in [0.25, 0.3) is 0 Å². The highest BCUT2D eigenvalue weighted by atomic mass is 35.5. The average Bonchev–Trinajstić information content (AvgIpc) is 2.98. The van der Waals surface area contributed by atoms with E-state index in [0.717, 1.165) is 35.2 Å². The van der Waals surface area contributed by atoms with Crippen molar-refractivity contribution in [2.24, 2.45) is 0 Å². The fraction of sp³-hybridized carbons (Fsp3) is 0.448. The molecule has 1 aliphatic carbocycles. The van der Waals surface area contributed by atoms with Crippen molar-refractivity contribution in [1.82, 2.24) is 9.97 Å². The molecule has 4 rings (SSSR count). The molecular weight excluding hydrogens is 492 g/mol. The van der Waals surface area contributed by atoms with Gasteiger partial charge in [-0.15, -0.1) is 0 Å². The molecule has 7 nitrogen and oxygen atoms in total. The molecule has 2 aromatic rings. The van der Waals surface area contributed by atoms with E-state index in [0.29, 0.717) is 17.3 Å². The summed E-state index contributed by atoms with van der Waals surface area (Å²) in [6.07, 6.45) is 8.50. The predicted molar refractivity (Wildman–Crippen MR) is 144 cm³/mol. The SMILES string of the molecule is C=C1/C=C(c2ccnc(-c3ccc(Cl)cc3)n2)\C=C/CCC(O[C@@H]2O[C@@H](C)[C@H](OC)[C@@H](OC)[C@H]2OC)C1. The molecule has 2 aliphatic rings. The van der Waals surface area contributed by atoms with Crippen LogP contribution in [0.2, 0.25) is 5.02 Å². The lowest BCUT2D eigenvalue weighted by atomic mass is 9.98. The lowest BCUT2D eigenvalue weighted by Crippen LogP contribution is -2.59. The molecule has 0 radical (unpaired) electrons. The molecule has 1 fully saturated rings. The Hall–Kier alpha value is -2.39. The quantitative estimate of drug-likeness (QED) is 0.461. The Balaban J connectivity index is 1.50. The summed E-state index contributed by atoms with van der Waals surface area (Å²) in [6, 6.07) is 9.42. The van der Waals surface area contributed by atoms with Crippen molar-refractivity contribution in [1.29, 1.82) is 0 Å². The fourth-order valence-electron chi connectivity index (χ4n) is 4.86. The summed E-state index contributed by atoms with van der Waals surface area (Å²) in [7, 11) is 4.94. The zero-order valence-electron chi connectivity index (χ0n) is 21.8. The van der Waals surface area contributed by atoms with Gasteiger partial charge in [-0.2, -0.15) is 0 Å². The standard InChI is InChI=1S/C29H35ClN2O5/c1-18-16-21(24-14-15-31-28(32-24)20-10-12-22(30)13-11-20)8-6-7-9-23(17-18)37-29-27(35-5)26(34-4)25(33-3)19(2)36-29/h6,8,10-16,19,23,25-27,29H,1,7,9,17H2,2-5H3/b8-6-,21-16+/t19-,23?,25-,26+,27+,29-/m0/s1. The van der Waals surface area contributed by atoms with Gasteiger partial charge in [-0.05, 0) is 56.5 Å². The van der Waals surface area contributed by atoms with Crippen molar-refractivity contribution in [2.45, 2.75) is 63.0 Å². The summed E-state index contributed by atoms with van der Waals surface area (Å²) >= 11 is 6.04. The number of ether oxygens (including phenoxy) is 5. The van der Waals surface area contributed by atoms with Crippen LogP contribution in [0.1, 0.15) is 31.9 Å². The summed E-state index contributed by atoms with van der Waals surface area (Å²) in [5, 5.41) is 0.677. The van der Waals surface area contributed by atoms with Gasteiger partial charge in [-0.1, -0.05) is 42.0 Å². The zero-order valence-corrected chi connectivity index (χ0v) is 22.6. The molecule has 1 aromatic heterocycles. The Morgan fingerprint density at radius 1 is 1.00 bits per heavy atom. The van der Waals surface area contributed by atoms with E-state index in [9.17, 15) is 0 Å². The highest BCUT2D eigenvalue weighted by Gasteiger charge is 2.46. The third kappa shape index (κ3) is 6.74. The molecule has 8 heteroatoms. The van der Waals surface area contributed by atoms with E-state index in [4.69, 9.17) is 40.3 Å². The molecule has 0 spiro atoms. The van der Waals surface area contributed by atoms with Crippen LogP contribution in [-0.2, 0) is 23.7 Å². The van der Waals surface area contributed by atoms with Crippen LogP contribution in [0.4, 0.5) is 0 Å². The van der Waals surface area contributed by atoms with Crippen LogP contribution < -0.4 is 0 Å². The van der Waals surface area contributed by atoms with E-state index in [1.807, 2.05) is 37.3 Å². The van der Waals surface area contributed by atoms with Crippen LogP contribution in [0.3, 0.4) is 0 Å². The number of nitrogens with zero attached hydrogens (tertiary/aromatic N) is 2. The van der Waals surface area contributed by atoms with E-state index >= 15 is 0 Å². The third-order valence-corrected chi connectivity index (χ3v) is 6.98. The van der Waals surface area contributed by atoms with Gasteiger partial charge in [0.2, 0.25) is 0 Å². The van der Waals surface area contributed by atoms with Crippen LogP contribution in [-0.4, -0.2) is 68.1 Å². The molecule has 0 saturated carbocycles. The summed E-state index contributed by atoms with van der Waals surface area (Å²) in [5.41, 5.74) is 3.65. The Morgan fingerprint density at radius 3 is 2.43 bits per heavy atom. The average molecular weight is 527 g/mol. The topological polar surface area (TPSA) is 71.9 Å². The minimum atomic E-state index is -0.578. The predicted octanol–water partition coefficient (Wildman–Crippen LogP) is 5.65. The van der Waals surface area contributed by atoms with Gasteiger partial charge < -0.3 is 23.7 Å². The molecule has 37 heavy (non-hydrogen) atoms. The molecule has 198 valence electrons. The first-order valence-electron chi connectivity index (χ1n) is 12.5. The Kier molecular flexibility index (Phi) is 9.65. The van der Waals surface area contributed by atoms with E-state index in [2.05, 4.69) is 29.8 Å². The van der Waals surface area contributed by atoms with Crippen molar-refractivity contribution in [3.63, 3.8) is 0 Å². The molecule has 0 N–H and O–H groups in total. The second-order valence-corrected chi connectivity index (χ2v) is 9.72. The number of rotatable bonds is 7. The van der Waals surface area contributed by atoms with Gasteiger partial charge in [0.1, 0.15) is 18.3 Å². The largest absolute Gasteiger partial charge is 0.376 e. The second-order valence-electron chi connectivity index (χ2n) is 9.28. The van der Waals surface area contributed by atoms with Gasteiger partial charge in [-0.25, -0.2) is 9.97 Å². The first-order valence-corrected chi connectivity index (χ1v) is 12.9. The first-order chi connectivity index (χ1) is 17.9. The molecule has 1 saturated heterocycles. The highest BCUT2D eigenvalue weighted by molar-refractivity contribution is 6.30. The number of aromatic nitrogens is 2. The maximum atomic E-state index is 6.48. The Morgan fingerprint density at radius 2 is 1.73 bits per heavy atom. The second kappa shape index (κ2) is 12.9. The van der Waals surface area contributed by atoms with Gasteiger partial charge in [0, 0.05) is 43.7 Å². The van der Waals surface area contributed by atoms with Crippen molar-refractivity contribution in [3.8, 4) is 11.4 Å².